The summed E-state index contributed by atoms with van der Waals surface area (Å²) >= 11 is 0. The van der Waals surface area contributed by atoms with Gasteiger partial charge in [-0.2, -0.15) is 0 Å². The summed E-state index contributed by atoms with van der Waals surface area (Å²) in [5.74, 6) is 0. The summed E-state index contributed by atoms with van der Waals surface area (Å²) in [6, 6.07) is 7.91. The Labute approximate surface area is 93.3 Å². The van der Waals surface area contributed by atoms with Crippen LogP contribution in [0.5, 0.6) is 0 Å². The van der Waals surface area contributed by atoms with E-state index >= 15 is 0 Å². The molecule has 0 saturated heterocycles. The number of hydrogen-bond donors (Lipinski definition) is 1. The van der Waals surface area contributed by atoms with Crippen LogP contribution in [0.4, 0.5) is 0 Å². The first-order valence-corrected chi connectivity index (χ1v) is 4.84. The van der Waals surface area contributed by atoms with E-state index in [1.165, 1.54) is 0 Å². The highest BCUT2D eigenvalue weighted by Crippen LogP contribution is 2.06. The third-order valence-corrected chi connectivity index (χ3v) is 1.90. The first-order chi connectivity index (χ1) is 7.97. The molecular formula is C12H11N3O. The molecule has 0 amide bonds. The number of fused-ring (bicyclic) bond motifs is 1. The second kappa shape index (κ2) is 5.50. The largest absolute Gasteiger partial charge is 0.391 e. The monoisotopic (exact) mass is 213 g/mol. The topological polar surface area (TPSA) is 47.0 Å². The Kier molecular flexibility index (Phi) is 3.50. The van der Waals surface area contributed by atoms with E-state index in [0.717, 1.165) is 10.9 Å². The molecule has 2 aromatic rings. The molecule has 1 aromatic heterocycles. The zero-order chi connectivity index (χ0) is 11.1. The average Bonchev–Trinajstić information content (AvgIpc) is 2.42. The fourth-order valence-electron chi connectivity index (χ4n) is 1.18. The summed E-state index contributed by atoms with van der Waals surface area (Å²) in [6.45, 7) is 0. The molecule has 4 nitrogen and oxygen atoms in total. The van der Waals surface area contributed by atoms with Crippen molar-refractivity contribution in [2.24, 2.45) is 0 Å². The van der Waals surface area contributed by atoms with Gasteiger partial charge in [-0.05, 0) is 18.2 Å². The van der Waals surface area contributed by atoms with Crippen molar-refractivity contribution >= 4 is 10.9 Å². The van der Waals surface area contributed by atoms with Crippen molar-refractivity contribution in [1.29, 1.82) is 0 Å². The zero-order valence-electron chi connectivity index (χ0n) is 8.58. The first kappa shape index (κ1) is 10.2. The van der Waals surface area contributed by atoms with E-state index in [0.29, 0.717) is 0 Å². The quantitative estimate of drug-likeness (QED) is 0.728. The van der Waals surface area contributed by atoms with Crippen LogP contribution in [-0.2, 0) is 4.84 Å². The molecule has 0 saturated carbocycles. The molecule has 0 bridgehead atoms. The summed E-state index contributed by atoms with van der Waals surface area (Å²) in [6.07, 6.45) is 10.3. The van der Waals surface area contributed by atoms with Crippen LogP contribution in [0.3, 0.4) is 0 Å². The molecule has 0 radical (unpaired) electrons. The smallest absolute Gasteiger partial charge is 0.119 e. The van der Waals surface area contributed by atoms with Crippen molar-refractivity contribution in [3.63, 3.8) is 0 Å². The fourth-order valence-corrected chi connectivity index (χ4v) is 1.18. The molecule has 1 aliphatic rings. The Morgan fingerprint density at radius 3 is 2.69 bits per heavy atom. The van der Waals surface area contributed by atoms with Gasteiger partial charge in [-0.25, -0.2) is 15.4 Å². The molecular weight excluding hydrogens is 202 g/mol. The lowest BCUT2D eigenvalue weighted by atomic mass is 10.2. The number of nitrogens with zero attached hydrogens (tertiary/aromatic N) is 2. The molecule has 1 N–H and O–H groups in total. The Balaban J connectivity index is 0.000000138. The van der Waals surface area contributed by atoms with Crippen molar-refractivity contribution < 1.29 is 4.84 Å². The van der Waals surface area contributed by atoms with Crippen molar-refractivity contribution in [1.82, 2.24) is 15.4 Å². The van der Waals surface area contributed by atoms with Gasteiger partial charge in [0, 0.05) is 17.8 Å². The van der Waals surface area contributed by atoms with Crippen LogP contribution in [0.2, 0.25) is 0 Å². The Morgan fingerprint density at radius 2 is 2.06 bits per heavy atom. The van der Waals surface area contributed by atoms with Crippen LogP contribution in [0.25, 0.3) is 10.9 Å². The van der Waals surface area contributed by atoms with E-state index in [1.54, 1.807) is 24.9 Å². The summed E-state index contributed by atoms with van der Waals surface area (Å²) in [7, 11) is 0. The van der Waals surface area contributed by atoms with Crippen LogP contribution in [0.15, 0.2) is 61.4 Å². The lowest BCUT2D eigenvalue weighted by Gasteiger charge is -1.97. The Hall–Kier alpha value is -2.36. The van der Waals surface area contributed by atoms with E-state index in [-0.39, 0.29) is 0 Å². The van der Waals surface area contributed by atoms with Gasteiger partial charge in [-0.3, -0.25) is 0 Å². The lowest BCUT2D eigenvalue weighted by molar-refractivity contribution is 0.172. The van der Waals surface area contributed by atoms with Crippen LogP contribution in [0, 0.1) is 0 Å². The molecule has 0 unspecified atom stereocenters. The number of hydrogen-bond acceptors (Lipinski definition) is 4. The van der Waals surface area contributed by atoms with E-state index < -0.39 is 0 Å². The third kappa shape index (κ3) is 2.81. The van der Waals surface area contributed by atoms with Crippen LogP contribution in [-0.4, -0.2) is 9.97 Å². The third-order valence-electron chi connectivity index (χ3n) is 1.90. The van der Waals surface area contributed by atoms with Crippen molar-refractivity contribution in [3.05, 3.63) is 61.4 Å². The molecule has 3 rings (SSSR count). The number of nitrogens with one attached hydrogen (secondary N) is 1. The molecule has 0 spiro atoms. The highest BCUT2D eigenvalue weighted by molar-refractivity contribution is 5.76. The summed E-state index contributed by atoms with van der Waals surface area (Å²) in [5.41, 5.74) is 3.52. The number of hydroxylamine groups is 1. The minimum Gasteiger partial charge on any atom is -0.391 e. The second-order valence-corrected chi connectivity index (χ2v) is 3.00. The van der Waals surface area contributed by atoms with Gasteiger partial charge in [0.15, 0.2) is 0 Å². The molecule has 0 fully saturated rings. The van der Waals surface area contributed by atoms with Crippen LogP contribution < -0.4 is 5.48 Å². The molecule has 0 aliphatic carbocycles. The van der Waals surface area contributed by atoms with E-state index in [1.807, 2.05) is 36.5 Å². The molecule has 1 aromatic carbocycles. The number of benzene rings is 1. The SMILES string of the molecule is C1=CNOC=C1.c1ccc2ncncc2c1. The Bertz CT molecular complexity index is 431. The maximum atomic E-state index is 4.55. The van der Waals surface area contributed by atoms with Gasteiger partial charge in [0.05, 0.1) is 5.52 Å². The molecule has 80 valence electrons. The molecule has 0 atom stereocenters. The van der Waals surface area contributed by atoms with Gasteiger partial charge >= 0.3 is 0 Å². The fraction of sp³-hybridized carbons (Fsp3) is 0. The summed E-state index contributed by atoms with van der Waals surface area (Å²) in [5, 5.41) is 1.09. The molecule has 2 heterocycles. The van der Waals surface area contributed by atoms with Gasteiger partial charge in [-0.1, -0.05) is 18.2 Å². The number of allylic oxidation sites excluding steroid dienone is 2. The highest BCUT2D eigenvalue weighted by Gasteiger charge is 1.87. The summed E-state index contributed by atoms with van der Waals surface area (Å²) < 4.78 is 0. The van der Waals surface area contributed by atoms with Gasteiger partial charge in [-0.15, -0.1) is 0 Å². The molecule has 16 heavy (non-hydrogen) atoms. The zero-order valence-corrected chi connectivity index (χ0v) is 8.58. The highest BCUT2D eigenvalue weighted by atomic mass is 16.6. The maximum absolute atomic E-state index is 4.55. The standard InChI is InChI=1S/C8H6N2.C4H5NO/c1-2-4-8-7(3-1)5-9-6-10-8;1-2-4-6-5-3-1/h1-6H;1-5H. The summed E-state index contributed by atoms with van der Waals surface area (Å²) in [4.78, 5) is 12.5. The van der Waals surface area contributed by atoms with Crippen molar-refractivity contribution in [3.8, 4) is 0 Å². The van der Waals surface area contributed by atoms with E-state index in [2.05, 4.69) is 20.3 Å². The lowest BCUT2D eigenvalue weighted by Crippen LogP contribution is -2.01. The minimum absolute atomic E-state index is 0.998. The van der Waals surface area contributed by atoms with Crippen LogP contribution >= 0.6 is 0 Å². The van der Waals surface area contributed by atoms with E-state index in [9.17, 15) is 0 Å². The van der Waals surface area contributed by atoms with Crippen molar-refractivity contribution in [2.75, 3.05) is 0 Å². The Morgan fingerprint density at radius 1 is 1.12 bits per heavy atom. The van der Waals surface area contributed by atoms with E-state index in [4.69, 9.17) is 0 Å². The molecule has 1 aliphatic heterocycles. The normalized spacial score (nSPS) is 12.2. The predicted molar refractivity (Wildman–Crippen MR) is 62.0 cm³/mol. The number of para-hydroxylation sites is 1. The van der Waals surface area contributed by atoms with Gasteiger partial charge in [0.25, 0.3) is 0 Å². The number of aromatic nitrogens is 2. The van der Waals surface area contributed by atoms with Gasteiger partial charge < -0.3 is 4.84 Å². The predicted octanol–water partition coefficient (Wildman–Crippen LogP) is 2.18. The first-order valence-electron chi connectivity index (χ1n) is 4.84. The number of rotatable bonds is 0. The maximum Gasteiger partial charge on any atom is 0.119 e. The average molecular weight is 213 g/mol. The van der Waals surface area contributed by atoms with Crippen LogP contribution in [0.1, 0.15) is 0 Å². The minimum atomic E-state index is 0.998. The second-order valence-electron chi connectivity index (χ2n) is 3.00. The van der Waals surface area contributed by atoms with Crippen molar-refractivity contribution in [2.45, 2.75) is 0 Å². The van der Waals surface area contributed by atoms with Gasteiger partial charge in [0.2, 0.25) is 0 Å². The molecule has 4 heteroatoms. The van der Waals surface area contributed by atoms with Gasteiger partial charge in [0.1, 0.15) is 12.6 Å².